The Kier molecular flexibility index (Phi) is 5.35. The summed E-state index contributed by atoms with van der Waals surface area (Å²) >= 11 is 6.35. The van der Waals surface area contributed by atoms with Crippen LogP contribution in [0.5, 0.6) is 0 Å². The molecule has 2 aromatic heterocycles. The molecule has 2 heterocycles. The number of halogens is 1. The smallest absolute Gasteiger partial charge is 0.172 e. The van der Waals surface area contributed by atoms with Gasteiger partial charge < -0.3 is 10.6 Å². The van der Waals surface area contributed by atoms with Crippen molar-refractivity contribution in [2.24, 2.45) is 0 Å². The number of anilines is 4. The molecule has 0 saturated carbocycles. The molecule has 7 heteroatoms. The van der Waals surface area contributed by atoms with Crippen molar-refractivity contribution in [2.75, 3.05) is 10.6 Å². The molecule has 0 bridgehead atoms. The number of fused-ring (bicyclic) bond motifs is 1. The highest BCUT2D eigenvalue weighted by atomic mass is 35.5. The number of nitrogens with one attached hydrogen (secondary N) is 2. The van der Waals surface area contributed by atoms with E-state index in [9.17, 15) is 0 Å². The summed E-state index contributed by atoms with van der Waals surface area (Å²) in [4.78, 5) is 18.1. The Labute approximate surface area is 190 Å². The van der Waals surface area contributed by atoms with Gasteiger partial charge in [-0.3, -0.25) is 0 Å². The fourth-order valence-corrected chi connectivity index (χ4v) is 3.59. The molecule has 0 saturated heterocycles. The van der Waals surface area contributed by atoms with Gasteiger partial charge in [0.2, 0.25) is 0 Å². The van der Waals surface area contributed by atoms with Crippen molar-refractivity contribution in [3.63, 3.8) is 0 Å². The van der Waals surface area contributed by atoms with Crippen molar-refractivity contribution in [2.45, 2.75) is 6.92 Å². The van der Waals surface area contributed by atoms with Gasteiger partial charge in [0.15, 0.2) is 11.0 Å². The van der Waals surface area contributed by atoms with Crippen LogP contribution in [0, 0.1) is 6.92 Å². The predicted molar refractivity (Wildman–Crippen MR) is 130 cm³/mol. The third-order valence-corrected chi connectivity index (χ3v) is 5.10. The van der Waals surface area contributed by atoms with Crippen molar-refractivity contribution in [3.05, 3.63) is 95.9 Å². The van der Waals surface area contributed by atoms with Gasteiger partial charge in [0, 0.05) is 23.0 Å². The molecule has 0 aliphatic carbocycles. The van der Waals surface area contributed by atoms with Gasteiger partial charge in [-0.25, -0.2) is 19.9 Å². The van der Waals surface area contributed by atoms with Crippen molar-refractivity contribution in [1.82, 2.24) is 19.9 Å². The molecule has 0 aliphatic heterocycles. The highest BCUT2D eigenvalue weighted by Gasteiger charge is 2.09. The monoisotopic (exact) mass is 438 g/mol. The predicted octanol–water partition coefficient (Wildman–Crippen LogP) is 6.54. The van der Waals surface area contributed by atoms with Gasteiger partial charge in [-0.2, -0.15) is 0 Å². The van der Waals surface area contributed by atoms with E-state index in [1.54, 1.807) is 0 Å². The van der Waals surface area contributed by atoms with Crippen LogP contribution >= 0.6 is 11.6 Å². The first kappa shape index (κ1) is 19.9. The van der Waals surface area contributed by atoms with E-state index in [2.05, 4.69) is 30.6 Å². The average molecular weight is 439 g/mol. The first-order valence-electron chi connectivity index (χ1n) is 10.1. The van der Waals surface area contributed by atoms with Crippen LogP contribution in [-0.4, -0.2) is 19.9 Å². The van der Waals surface area contributed by atoms with E-state index in [1.165, 1.54) is 0 Å². The van der Waals surface area contributed by atoms with E-state index in [4.69, 9.17) is 11.6 Å². The van der Waals surface area contributed by atoms with E-state index in [-0.39, 0.29) is 0 Å². The number of hydrogen-bond donors (Lipinski definition) is 2. The lowest BCUT2D eigenvalue weighted by Gasteiger charge is -2.12. The Morgan fingerprint density at radius 1 is 0.656 bits per heavy atom. The minimum atomic E-state index is 0.320. The summed E-state index contributed by atoms with van der Waals surface area (Å²) in [7, 11) is 0. The zero-order chi connectivity index (χ0) is 21.9. The second-order valence-electron chi connectivity index (χ2n) is 7.23. The van der Waals surface area contributed by atoms with Crippen molar-refractivity contribution >= 4 is 45.6 Å². The maximum atomic E-state index is 6.35. The van der Waals surface area contributed by atoms with Crippen LogP contribution in [0.1, 0.15) is 5.82 Å². The number of benzene rings is 3. The first-order valence-corrected chi connectivity index (χ1v) is 10.5. The van der Waals surface area contributed by atoms with Crippen LogP contribution in [0.2, 0.25) is 5.15 Å². The molecule has 0 radical (unpaired) electrons. The summed E-state index contributed by atoms with van der Waals surface area (Å²) in [5.41, 5.74) is 5.15. The van der Waals surface area contributed by atoms with Crippen LogP contribution in [0.15, 0.2) is 84.9 Å². The molecule has 0 amide bonds. The van der Waals surface area contributed by atoms with E-state index in [0.717, 1.165) is 39.5 Å². The molecule has 0 unspecified atom stereocenters. The van der Waals surface area contributed by atoms with Gasteiger partial charge in [0.25, 0.3) is 0 Å². The number of aromatic nitrogens is 4. The lowest BCUT2D eigenvalue weighted by atomic mass is 10.1. The van der Waals surface area contributed by atoms with Crippen molar-refractivity contribution < 1.29 is 0 Å². The number of aryl methyl sites for hydroxylation is 1. The van der Waals surface area contributed by atoms with Crippen LogP contribution in [0.25, 0.3) is 22.3 Å². The number of nitrogens with zero attached hydrogens (tertiary/aromatic N) is 4. The molecule has 5 rings (SSSR count). The molecule has 5 aromatic rings. The Balaban J connectivity index is 1.41. The Hall–Kier alpha value is -4.03. The van der Waals surface area contributed by atoms with Gasteiger partial charge in [0.05, 0.1) is 16.7 Å². The van der Waals surface area contributed by atoms with Gasteiger partial charge in [-0.05, 0) is 37.3 Å². The fraction of sp³-hybridized carbons (Fsp3) is 0.0400. The highest BCUT2D eigenvalue weighted by Crippen LogP contribution is 2.27. The van der Waals surface area contributed by atoms with Gasteiger partial charge >= 0.3 is 0 Å². The number of rotatable bonds is 5. The molecule has 32 heavy (non-hydrogen) atoms. The molecule has 3 aromatic carbocycles. The largest absolute Gasteiger partial charge is 0.340 e. The minimum absolute atomic E-state index is 0.320. The van der Waals surface area contributed by atoms with Gasteiger partial charge in [0.1, 0.15) is 11.6 Å². The summed E-state index contributed by atoms with van der Waals surface area (Å²) in [6.45, 7) is 1.88. The molecule has 0 fully saturated rings. The van der Waals surface area contributed by atoms with E-state index in [1.807, 2.05) is 91.9 Å². The van der Waals surface area contributed by atoms with E-state index < -0.39 is 0 Å². The molecule has 2 N–H and O–H groups in total. The average Bonchev–Trinajstić information content (AvgIpc) is 2.80. The summed E-state index contributed by atoms with van der Waals surface area (Å²) in [5.74, 6) is 1.92. The maximum Gasteiger partial charge on any atom is 0.172 e. The second-order valence-corrected chi connectivity index (χ2v) is 7.59. The summed E-state index contributed by atoms with van der Waals surface area (Å²) in [5, 5.41) is 6.95. The third kappa shape index (κ3) is 4.36. The fourth-order valence-electron chi connectivity index (χ4n) is 3.41. The molecule has 0 atom stereocenters. The van der Waals surface area contributed by atoms with Crippen molar-refractivity contribution in [3.8, 4) is 11.3 Å². The highest BCUT2D eigenvalue weighted by molar-refractivity contribution is 6.32. The number of para-hydroxylation sites is 2. The van der Waals surface area contributed by atoms with Crippen LogP contribution < -0.4 is 10.6 Å². The minimum Gasteiger partial charge on any atom is -0.340 e. The van der Waals surface area contributed by atoms with Crippen molar-refractivity contribution in [1.29, 1.82) is 0 Å². The van der Waals surface area contributed by atoms with Gasteiger partial charge in [-0.15, -0.1) is 0 Å². The molecule has 156 valence electrons. The van der Waals surface area contributed by atoms with E-state index in [0.29, 0.717) is 16.8 Å². The lowest BCUT2D eigenvalue weighted by Crippen LogP contribution is -2.00. The normalized spacial score (nSPS) is 10.8. The third-order valence-electron chi connectivity index (χ3n) is 4.83. The molecule has 6 nitrogen and oxygen atoms in total. The second kappa shape index (κ2) is 8.61. The number of hydrogen-bond acceptors (Lipinski definition) is 6. The molecule has 0 spiro atoms. The van der Waals surface area contributed by atoms with Crippen LogP contribution in [0.3, 0.4) is 0 Å². The quantitative estimate of drug-likeness (QED) is 0.324. The topological polar surface area (TPSA) is 75.6 Å². The lowest BCUT2D eigenvalue weighted by molar-refractivity contribution is 1.06. The van der Waals surface area contributed by atoms with Crippen LogP contribution in [0.4, 0.5) is 23.0 Å². The SMILES string of the molecule is Cc1nc(Nc2cccc(Nc3nc4ccccc4nc3Cl)c2)cc(-c2ccccc2)n1. The maximum absolute atomic E-state index is 6.35. The first-order chi connectivity index (χ1) is 15.6. The summed E-state index contributed by atoms with van der Waals surface area (Å²) < 4.78 is 0. The Morgan fingerprint density at radius 3 is 2.12 bits per heavy atom. The molecular formula is C25H19ClN6. The Morgan fingerprint density at radius 2 is 1.34 bits per heavy atom. The molecular weight excluding hydrogens is 420 g/mol. The van der Waals surface area contributed by atoms with Gasteiger partial charge in [-0.1, -0.05) is 60.1 Å². The summed E-state index contributed by atoms with van der Waals surface area (Å²) in [6.07, 6.45) is 0. The zero-order valence-electron chi connectivity index (χ0n) is 17.2. The Bertz CT molecular complexity index is 1400. The standard InChI is InChI=1S/C25H19ClN6/c1-16-27-22(17-8-3-2-4-9-17)15-23(28-16)29-18-10-7-11-19(14-18)30-25-24(26)31-20-12-5-6-13-21(20)32-25/h2-15H,1H3,(H,30,32)(H,27,28,29). The zero-order valence-corrected chi connectivity index (χ0v) is 18.0. The summed E-state index contributed by atoms with van der Waals surface area (Å²) in [6, 6.07) is 27.4. The molecule has 0 aliphatic rings. The van der Waals surface area contributed by atoms with E-state index >= 15 is 0 Å². The van der Waals surface area contributed by atoms with Crippen LogP contribution in [-0.2, 0) is 0 Å².